The van der Waals surface area contributed by atoms with Crippen LogP contribution in [0, 0.1) is 0 Å². The smallest absolute Gasteiger partial charge is 0.257 e. The van der Waals surface area contributed by atoms with Crippen molar-refractivity contribution < 1.29 is 19.4 Å². The molecule has 0 spiro atoms. The molecule has 0 saturated carbocycles. The lowest BCUT2D eigenvalue weighted by Crippen LogP contribution is -2.51. The Morgan fingerprint density at radius 1 is 1.28 bits per heavy atom. The van der Waals surface area contributed by atoms with Crippen LogP contribution in [0.25, 0.3) is 0 Å². The molecule has 0 bridgehead atoms. The van der Waals surface area contributed by atoms with Gasteiger partial charge in [-0.1, -0.05) is 15.9 Å². The van der Waals surface area contributed by atoms with E-state index in [9.17, 15) is 14.7 Å². The zero-order valence-electron chi connectivity index (χ0n) is 14.3. The van der Waals surface area contributed by atoms with Crippen LogP contribution in [0.4, 0.5) is 0 Å². The minimum absolute atomic E-state index is 0.0134. The fraction of sp³-hybridized carbons (Fsp3) is 0.529. The SMILES string of the molecule is COCCCNC(=O)CN1CCN(C(=O)c2cc(Br)ccc2O)CC1. The highest BCUT2D eigenvalue weighted by molar-refractivity contribution is 9.10. The first kappa shape index (κ1) is 19.7. The fourth-order valence-corrected chi connectivity index (χ4v) is 3.02. The summed E-state index contributed by atoms with van der Waals surface area (Å²) < 4.78 is 5.69. The fourth-order valence-electron chi connectivity index (χ4n) is 2.66. The van der Waals surface area contributed by atoms with E-state index in [1.165, 1.54) is 6.07 Å². The number of halogens is 1. The zero-order valence-corrected chi connectivity index (χ0v) is 15.9. The molecule has 1 saturated heterocycles. The number of phenols is 1. The number of nitrogens with zero attached hydrogens (tertiary/aromatic N) is 2. The minimum atomic E-state index is -0.192. The van der Waals surface area contributed by atoms with Crippen molar-refractivity contribution in [3.63, 3.8) is 0 Å². The summed E-state index contributed by atoms with van der Waals surface area (Å²) in [5, 5.41) is 12.7. The predicted molar refractivity (Wildman–Crippen MR) is 97.7 cm³/mol. The lowest BCUT2D eigenvalue weighted by molar-refractivity contribution is -0.122. The first-order valence-electron chi connectivity index (χ1n) is 8.27. The van der Waals surface area contributed by atoms with Gasteiger partial charge in [-0.25, -0.2) is 0 Å². The van der Waals surface area contributed by atoms with Crippen molar-refractivity contribution in [2.45, 2.75) is 6.42 Å². The first-order valence-corrected chi connectivity index (χ1v) is 9.06. The Kier molecular flexibility index (Phi) is 7.67. The van der Waals surface area contributed by atoms with Crippen molar-refractivity contribution in [2.75, 3.05) is 53.0 Å². The van der Waals surface area contributed by atoms with Crippen molar-refractivity contribution >= 4 is 27.7 Å². The van der Waals surface area contributed by atoms with Gasteiger partial charge in [-0.05, 0) is 24.6 Å². The minimum Gasteiger partial charge on any atom is -0.507 e. The number of hydrogen-bond acceptors (Lipinski definition) is 5. The number of rotatable bonds is 7. The number of nitrogens with one attached hydrogen (secondary N) is 1. The summed E-state index contributed by atoms with van der Waals surface area (Å²) in [6.45, 7) is 3.88. The van der Waals surface area contributed by atoms with E-state index >= 15 is 0 Å². The van der Waals surface area contributed by atoms with E-state index in [2.05, 4.69) is 21.2 Å². The van der Waals surface area contributed by atoms with Crippen molar-refractivity contribution in [3.05, 3.63) is 28.2 Å². The summed E-state index contributed by atoms with van der Waals surface area (Å²) in [6.07, 6.45) is 0.792. The highest BCUT2D eigenvalue weighted by atomic mass is 79.9. The lowest BCUT2D eigenvalue weighted by Gasteiger charge is -2.34. The molecule has 138 valence electrons. The van der Waals surface area contributed by atoms with Gasteiger partial charge < -0.3 is 20.1 Å². The molecule has 0 radical (unpaired) electrons. The summed E-state index contributed by atoms with van der Waals surface area (Å²) in [6, 6.07) is 4.81. The number of hydrogen-bond donors (Lipinski definition) is 2. The Morgan fingerprint density at radius 2 is 2.00 bits per heavy atom. The van der Waals surface area contributed by atoms with Crippen LogP contribution in [0.3, 0.4) is 0 Å². The van der Waals surface area contributed by atoms with Crippen LogP contribution < -0.4 is 5.32 Å². The maximum Gasteiger partial charge on any atom is 0.257 e. The Hall–Kier alpha value is -1.64. The summed E-state index contributed by atoms with van der Waals surface area (Å²) in [5.74, 6) is -0.228. The van der Waals surface area contributed by atoms with Gasteiger partial charge in [0.05, 0.1) is 12.1 Å². The molecule has 1 aliphatic rings. The second-order valence-electron chi connectivity index (χ2n) is 5.93. The molecule has 1 aliphatic heterocycles. The number of benzene rings is 1. The highest BCUT2D eigenvalue weighted by Gasteiger charge is 2.24. The van der Waals surface area contributed by atoms with Gasteiger partial charge in [0.1, 0.15) is 5.75 Å². The van der Waals surface area contributed by atoms with E-state index in [0.29, 0.717) is 51.4 Å². The summed E-state index contributed by atoms with van der Waals surface area (Å²) in [5.41, 5.74) is 0.290. The topological polar surface area (TPSA) is 82.1 Å². The molecule has 0 aromatic heterocycles. The number of piperazine rings is 1. The second-order valence-corrected chi connectivity index (χ2v) is 6.84. The maximum absolute atomic E-state index is 12.5. The largest absolute Gasteiger partial charge is 0.507 e. The number of aromatic hydroxyl groups is 1. The van der Waals surface area contributed by atoms with E-state index in [-0.39, 0.29) is 17.6 Å². The molecule has 8 heteroatoms. The number of carbonyl (C=O) groups excluding carboxylic acids is 2. The Balaban J connectivity index is 1.78. The maximum atomic E-state index is 12.5. The average molecular weight is 414 g/mol. The predicted octanol–water partition coefficient (Wildman–Crippen LogP) is 1.07. The van der Waals surface area contributed by atoms with E-state index in [1.807, 2.05) is 4.90 Å². The van der Waals surface area contributed by atoms with Crippen LogP contribution in [0.2, 0.25) is 0 Å². The molecular weight excluding hydrogens is 390 g/mol. The van der Waals surface area contributed by atoms with Crippen LogP contribution >= 0.6 is 15.9 Å². The van der Waals surface area contributed by atoms with Crippen molar-refractivity contribution in [1.29, 1.82) is 0 Å². The molecule has 7 nitrogen and oxygen atoms in total. The van der Waals surface area contributed by atoms with Crippen molar-refractivity contribution in [2.24, 2.45) is 0 Å². The van der Waals surface area contributed by atoms with Gasteiger partial charge in [0.2, 0.25) is 5.91 Å². The van der Waals surface area contributed by atoms with Crippen LogP contribution in [-0.2, 0) is 9.53 Å². The van der Waals surface area contributed by atoms with Crippen LogP contribution in [0.15, 0.2) is 22.7 Å². The Labute approximate surface area is 156 Å². The second kappa shape index (κ2) is 9.74. The molecule has 1 aromatic rings. The summed E-state index contributed by atoms with van der Waals surface area (Å²) >= 11 is 3.31. The highest BCUT2D eigenvalue weighted by Crippen LogP contribution is 2.23. The molecule has 0 aliphatic carbocycles. The molecule has 2 amide bonds. The standard InChI is InChI=1S/C17H24BrN3O4/c1-25-10-2-5-19-16(23)12-20-6-8-21(9-7-20)17(24)14-11-13(18)3-4-15(14)22/h3-4,11,22H,2,5-10,12H2,1H3,(H,19,23). The molecule has 25 heavy (non-hydrogen) atoms. The molecule has 0 atom stereocenters. The third-order valence-corrected chi connectivity index (χ3v) is 4.56. The van der Waals surface area contributed by atoms with E-state index in [1.54, 1.807) is 24.1 Å². The van der Waals surface area contributed by atoms with E-state index < -0.39 is 0 Å². The lowest BCUT2D eigenvalue weighted by atomic mass is 10.1. The zero-order chi connectivity index (χ0) is 18.2. The van der Waals surface area contributed by atoms with Crippen LogP contribution in [-0.4, -0.2) is 79.7 Å². The number of ether oxygens (including phenoxy) is 1. The average Bonchev–Trinajstić information content (AvgIpc) is 2.61. The molecule has 1 aromatic carbocycles. The van der Waals surface area contributed by atoms with Gasteiger partial charge >= 0.3 is 0 Å². The van der Waals surface area contributed by atoms with Crippen LogP contribution in [0.1, 0.15) is 16.8 Å². The monoisotopic (exact) mass is 413 g/mol. The van der Waals surface area contributed by atoms with Crippen molar-refractivity contribution in [1.82, 2.24) is 15.1 Å². The van der Waals surface area contributed by atoms with Gasteiger partial charge in [-0.2, -0.15) is 0 Å². The first-order chi connectivity index (χ1) is 12.0. The van der Waals surface area contributed by atoms with Gasteiger partial charge in [0.25, 0.3) is 5.91 Å². The van der Waals surface area contributed by atoms with E-state index in [0.717, 1.165) is 10.9 Å². The van der Waals surface area contributed by atoms with Crippen LogP contribution in [0.5, 0.6) is 5.75 Å². The van der Waals surface area contributed by atoms with Gasteiger partial charge in [-0.15, -0.1) is 0 Å². The quantitative estimate of drug-likeness (QED) is 0.653. The van der Waals surface area contributed by atoms with E-state index in [4.69, 9.17) is 4.74 Å². The summed E-state index contributed by atoms with van der Waals surface area (Å²) in [4.78, 5) is 28.1. The summed E-state index contributed by atoms with van der Waals surface area (Å²) in [7, 11) is 1.64. The number of carbonyl (C=O) groups is 2. The molecule has 2 rings (SSSR count). The molecule has 1 fully saturated rings. The van der Waals surface area contributed by atoms with Crippen molar-refractivity contribution in [3.8, 4) is 5.75 Å². The molecule has 2 N–H and O–H groups in total. The molecule has 1 heterocycles. The Morgan fingerprint density at radius 3 is 2.68 bits per heavy atom. The van der Waals surface area contributed by atoms with Gasteiger partial charge in [0, 0.05) is 50.9 Å². The number of amides is 2. The third kappa shape index (κ3) is 5.98. The van der Waals surface area contributed by atoms with Gasteiger partial charge in [0.15, 0.2) is 0 Å². The molecular formula is C17H24BrN3O4. The normalized spacial score (nSPS) is 15.2. The number of methoxy groups -OCH3 is 1. The molecule has 0 unspecified atom stereocenters. The van der Waals surface area contributed by atoms with Gasteiger partial charge in [-0.3, -0.25) is 14.5 Å². The third-order valence-electron chi connectivity index (χ3n) is 4.06. The number of phenolic OH excluding ortho intramolecular Hbond substituents is 1. The Bertz CT molecular complexity index is 604.